The third-order valence-electron chi connectivity index (χ3n) is 6.07. The predicted molar refractivity (Wildman–Crippen MR) is 129 cm³/mol. The average Bonchev–Trinajstić information content (AvgIpc) is 3.12. The van der Waals surface area contributed by atoms with Crippen LogP contribution in [-0.4, -0.2) is 61.3 Å². The summed E-state index contributed by atoms with van der Waals surface area (Å²) in [4.78, 5) is 18.1. The van der Waals surface area contributed by atoms with Gasteiger partial charge in [-0.2, -0.15) is 0 Å². The van der Waals surface area contributed by atoms with Gasteiger partial charge in [0.1, 0.15) is 0 Å². The van der Waals surface area contributed by atoms with Crippen LogP contribution in [0.1, 0.15) is 5.56 Å². The van der Waals surface area contributed by atoms with Crippen LogP contribution in [0.4, 0.5) is 0 Å². The smallest absolute Gasteiger partial charge is 0.267 e. The van der Waals surface area contributed by atoms with Gasteiger partial charge in [0, 0.05) is 26.2 Å². The van der Waals surface area contributed by atoms with E-state index < -0.39 is 0 Å². The van der Waals surface area contributed by atoms with Crippen LogP contribution in [0.3, 0.4) is 0 Å². The molecule has 0 amide bonds. The summed E-state index contributed by atoms with van der Waals surface area (Å²) in [6, 6.07) is 15.4. The van der Waals surface area contributed by atoms with Gasteiger partial charge < -0.3 is 0 Å². The van der Waals surface area contributed by atoms with Crippen LogP contribution >= 0.6 is 12.2 Å². The Morgan fingerprint density at radius 3 is 2.47 bits per heavy atom. The molecule has 3 heterocycles. The highest BCUT2D eigenvalue weighted by atomic mass is 32.1. The van der Waals surface area contributed by atoms with Crippen LogP contribution in [0, 0.1) is 24.0 Å². The first kappa shape index (κ1) is 20.6. The molecule has 5 rings (SSSR count). The van der Waals surface area contributed by atoms with Crippen LogP contribution in [0.5, 0.6) is 0 Å². The van der Waals surface area contributed by atoms with Crippen LogP contribution in [0.2, 0.25) is 0 Å². The zero-order valence-electron chi connectivity index (χ0n) is 17.9. The van der Waals surface area contributed by atoms with Gasteiger partial charge in [-0.1, -0.05) is 36.3 Å². The summed E-state index contributed by atoms with van der Waals surface area (Å²) in [5.74, 6) is 3.24. The highest BCUT2D eigenvalue weighted by molar-refractivity contribution is 7.71. The molecule has 2 aromatic carbocycles. The molecule has 32 heavy (non-hydrogen) atoms. The molecule has 7 nitrogen and oxygen atoms in total. The van der Waals surface area contributed by atoms with E-state index in [1.165, 1.54) is 0 Å². The maximum Gasteiger partial charge on any atom is 0.267 e. The molecule has 2 aromatic heterocycles. The Labute approximate surface area is 191 Å². The summed E-state index contributed by atoms with van der Waals surface area (Å²) in [7, 11) is 0. The summed E-state index contributed by atoms with van der Waals surface area (Å²) in [6.07, 6.45) is 5.45. The number of nitrogens with zero attached hydrogens (tertiary/aromatic N) is 6. The largest absolute Gasteiger partial charge is 0.290 e. The standard InChI is InChI=1S/C24H24N6OS/c1-3-12-26-13-15-27(16-14-26)17-28-24(32)30-21-11-7-5-9-19(21)22(31)29(23(30)25-28)20-10-6-4-8-18(20)2/h1,4-11H,12-17H2,2H3. The van der Waals surface area contributed by atoms with Gasteiger partial charge in [-0.15, -0.1) is 11.5 Å². The Kier molecular flexibility index (Phi) is 5.39. The van der Waals surface area contributed by atoms with Crippen LogP contribution in [0.25, 0.3) is 22.4 Å². The molecule has 162 valence electrons. The van der Waals surface area contributed by atoms with Crippen molar-refractivity contribution < 1.29 is 0 Å². The van der Waals surface area contributed by atoms with Gasteiger partial charge in [0.15, 0.2) is 0 Å². The van der Waals surface area contributed by atoms with Gasteiger partial charge in [0.25, 0.3) is 5.56 Å². The zero-order chi connectivity index (χ0) is 22.2. The first-order valence-electron chi connectivity index (χ1n) is 10.7. The van der Waals surface area contributed by atoms with Gasteiger partial charge in [-0.25, -0.2) is 9.25 Å². The van der Waals surface area contributed by atoms with E-state index in [4.69, 9.17) is 23.7 Å². The van der Waals surface area contributed by atoms with Crippen molar-refractivity contribution in [2.24, 2.45) is 0 Å². The number of hydrogen-bond acceptors (Lipinski definition) is 5. The van der Waals surface area contributed by atoms with Crippen molar-refractivity contribution in [3.05, 3.63) is 69.2 Å². The summed E-state index contributed by atoms with van der Waals surface area (Å²) in [5.41, 5.74) is 2.48. The molecule has 0 unspecified atom stereocenters. The number of para-hydroxylation sites is 2. The first-order chi connectivity index (χ1) is 15.6. The molecule has 0 saturated carbocycles. The second-order valence-electron chi connectivity index (χ2n) is 8.10. The normalized spacial score (nSPS) is 15.4. The minimum atomic E-state index is -0.0996. The number of benzene rings is 2. The fraction of sp³-hybridized carbons (Fsp3) is 0.292. The quantitative estimate of drug-likeness (QED) is 0.358. The van der Waals surface area contributed by atoms with Gasteiger partial charge in [0.2, 0.25) is 10.5 Å². The molecule has 4 aromatic rings. The number of aryl methyl sites for hydroxylation is 1. The Morgan fingerprint density at radius 2 is 1.72 bits per heavy atom. The Bertz CT molecular complexity index is 1470. The van der Waals surface area contributed by atoms with Crippen LogP contribution < -0.4 is 5.56 Å². The highest BCUT2D eigenvalue weighted by Crippen LogP contribution is 2.20. The zero-order valence-corrected chi connectivity index (χ0v) is 18.8. The SMILES string of the molecule is C#CCN1CCN(Cn2nc3n(-c4ccccc4C)c(=O)c4ccccc4n3c2=S)CC1. The number of aromatic nitrogens is 4. The minimum Gasteiger partial charge on any atom is -0.290 e. The topological polar surface area (TPSA) is 50.7 Å². The second-order valence-corrected chi connectivity index (χ2v) is 8.47. The molecule has 1 aliphatic rings. The third kappa shape index (κ3) is 3.45. The maximum atomic E-state index is 13.5. The summed E-state index contributed by atoms with van der Waals surface area (Å²) < 4.78 is 5.98. The first-order valence-corrected chi connectivity index (χ1v) is 11.1. The van der Waals surface area contributed by atoms with E-state index in [1.807, 2.05) is 64.5 Å². The van der Waals surface area contributed by atoms with Crippen molar-refractivity contribution in [1.29, 1.82) is 0 Å². The number of piperazine rings is 1. The molecular weight excluding hydrogens is 420 g/mol. The summed E-state index contributed by atoms with van der Waals surface area (Å²) in [5, 5.41) is 5.45. The molecule has 0 bridgehead atoms. The van der Waals surface area contributed by atoms with Crippen molar-refractivity contribution in [1.82, 2.24) is 28.5 Å². The molecule has 0 atom stereocenters. The summed E-state index contributed by atoms with van der Waals surface area (Å²) >= 11 is 5.86. The third-order valence-corrected chi connectivity index (χ3v) is 6.46. The fourth-order valence-electron chi connectivity index (χ4n) is 4.34. The summed E-state index contributed by atoms with van der Waals surface area (Å²) in [6.45, 7) is 6.86. The van der Waals surface area contributed by atoms with Crippen molar-refractivity contribution >= 4 is 28.9 Å². The van der Waals surface area contributed by atoms with Crippen LogP contribution in [0.15, 0.2) is 53.3 Å². The van der Waals surface area contributed by atoms with E-state index in [0.717, 1.165) is 42.9 Å². The Morgan fingerprint density at radius 1 is 1.03 bits per heavy atom. The lowest BCUT2D eigenvalue weighted by Crippen LogP contribution is -2.46. The molecule has 1 fully saturated rings. The molecule has 0 aliphatic carbocycles. The van der Waals surface area contributed by atoms with Gasteiger partial charge in [0.05, 0.1) is 29.8 Å². The van der Waals surface area contributed by atoms with E-state index in [-0.39, 0.29) is 5.56 Å². The Hall–Kier alpha value is -3.25. The lowest BCUT2D eigenvalue weighted by molar-refractivity contribution is 0.111. The number of hydrogen-bond donors (Lipinski definition) is 0. The van der Waals surface area contributed by atoms with Gasteiger partial charge in [-0.3, -0.25) is 19.0 Å². The lowest BCUT2D eigenvalue weighted by Gasteiger charge is -2.33. The minimum absolute atomic E-state index is 0.0996. The highest BCUT2D eigenvalue weighted by Gasteiger charge is 2.20. The molecular formula is C24H24N6OS. The maximum absolute atomic E-state index is 13.5. The number of terminal acetylenes is 1. The van der Waals surface area contributed by atoms with E-state index in [2.05, 4.69) is 15.7 Å². The average molecular weight is 445 g/mol. The fourth-order valence-corrected chi connectivity index (χ4v) is 4.62. The van der Waals surface area contributed by atoms with E-state index in [9.17, 15) is 4.79 Å². The molecule has 1 aliphatic heterocycles. The van der Waals surface area contributed by atoms with Crippen molar-refractivity contribution in [3.8, 4) is 18.0 Å². The van der Waals surface area contributed by atoms with E-state index in [1.54, 1.807) is 4.57 Å². The van der Waals surface area contributed by atoms with Crippen LogP contribution in [-0.2, 0) is 6.67 Å². The molecule has 1 saturated heterocycles. The molecule has 0 N–H and O–H groups in total. The molecule has 0 spiro atoms. The van der Waals surface area contributed by atoms with Crippen molar-refractivity contribution in [3.63, 3.8) is 0 Å². The second kappa shape index (κ2) is 8.36. The monoisotopic (exact) mass is 444 g/mol. The Balaban J connectivity index is 1.66. The van der Waals surface area contributed by atoms with Crippen molar-refractivity contribution in [2.45, 2.75) is 13.6 Å². The van der Waals surface area contributed by atoms with Gasteiger partial charge >= 0.3 is 0 Å². The lowest BCUT2D eigenvalue weighted by atomic mass is 10.2. The van der Waals surface area contributed by atoms with Crippen molar-refractivity contribution in [2.75, 3.05) is 32.7 Å². The molecule has 8 heteroatoms. The van der Waals surface area contributed by atoms with Gasteiger partial charge in [-0.05, 0) is 42.9 Å². The van der Waals surface area contributed by atoms with E-state index >= 15 is 0 Å². The van der Waals surface area contributed by atoms with E-state index in [0.29, 0.717) is 29.1 Å². The number of rotatable bonds is 4. The number of fused-ring (bicyclic) bond motifs is 3. The predicted octanol–water partition coefficient (Wildman–Crippen LogP) is 2.69. The molecule has 0 radical (unpaired) electrons.